The van der Waals surface area contributed by atoms with E-state index in [1.54, 1.807) is 24.3 Å². The zero-order valence-electron chi connectivity index (χ0n) is 9.86. The Kier molecular flexibility index (Phi) is 4.10. The number of halogens is 2. The number of nitrogens with zero attached hydrogens (tertiary/aromatic N) is 2. The Bertz CT molecular complexity index is 548. The fraction of sp³-hybridized carbons (Fsp3) is 0.231. The van der Waals surface area contributed by atoms with E-state index in [0.717, 1.165) is 5.69 Å². The summed E-state index contributed by atoms with van der Waals surface area (Å²) in [5, 5.41) is 0. The molecule has 0 bridgehead atoms. The van der Waals surface area contributed by atoms with Gasteiger partial charge in [-0.3, -0.25) is 0 Å². The molecule has 94 valence electrons. The highest BCUT2D eigenvalue weighted by molar-refractivity contribution is 6.16. The third-order valence-corrected chi connectivity index (χ3v) is 2.61. The van der Waals surface area contributed by atoms with E-state index >= 15 is 0 Å². The molecule has 0 amide bonds. The highest BCUT2D eigenvalue weighted by atomic mass is 35.5. The van der Waals surface area contributed by atoms with Crippen LogP contribution in [0.4, 0.5) is 4.39 Å². The van der Waals surface area contributed by atoms with Gasteiger partial charge in [0.15, 0.2) is 0 Å². The van der Waals surface area contributed by atoms with Gasteiger partial charge in [0.25, 0.3) is 0 Å². The normalized spacial score (nSPS) is 10.4. The number of aromatic nitrogens is 2. The van der Waals surface area contributed by atoms with Crippen LogP contribution in [-0.2, 0) is 12.5 Å². The number of alkyl halides is 1. The molecule has 0 aliphatic heterocycles. The molecule has 0 unspecified atom stereocenters. The zero-order valence-corrected chi connectivity index (χ0v) is 10.6. The van der Waals surface area contributed by atoms with Gasteiger partial charge in [-0.2, -0.15) is 4.98 Å². The second kappa shape index (κ2) is 5.78. The molecule has 0 N–H and O–H groups in total. The lowest BCUT2D eigenvalue weighted by atomic mass is 10.2. The average molecular weight is 267 g/mol. The molecule has 2 aromatic rings. The van der Waals surface area contributed by atoms with Gasteiger partial charge in [0.1, 0.15) is 12.4 Å². The lowest BCUT2D eigenvalue weighted by Crippen LogP contribution is -2.03. The summed E-state index contributed by atoms with van der Waals surface area (Å²) >= 11 is 5.71. The molecule has 2 rings (SSSR count). The maximum Gasteiger partial charge on any atom is 0.317 e. The smallest absolute Gasteiger partial charge is 0.317 e. The molecule has 0 atom stereocenters. The Balaban J connectivity index is 2.11. The third-order valence-electron chi connectivity index (χ3n) is 2.34. The first-order valence-corrected chi connectivity index (χ1v) is 5.99. The molecule has 0 aliphatic rings. The molecule has 0 fully saturated rings. The van der Waals surface area contributed by atoms with E-state index in [0.29, 0.717) is 17.1 Å². The topological polar surface area (TPSA) is 35.0 Å². The molecule has 0 aliphatic carbocycles. The molecule has 1 heterocycles. The number of benzene rings is 1. The first-order chi connectivity index (χ1) is 8.69. The van der Waals surface area contributed by atoms with Crippen molar-refractivity contribution in [3.63, 3.8) is 0 Å². The van der Waals surface area contributed by atoms with E-state index in [4.69, 9.17) is 16.3 Å². The quantitative estimate of drug-likeness (QED) is 0.797. The van der Waals surface area contributed by atoms with Crippen molar-refractivity contribution in [2.75, 3.05) is 0 Å². The number of hydrogen-bond acceptors (Lipinski definition) is 3. The van der Waals surface area contributed by atoms with Gasteiger partial charge in [-0.05, 0) is 19.1 Å². The molecule has 0 saturated carbocycles. The fourth-order valence-corrected chi connectivity index (χ4v) is 1.63. The Morgan fingerprint density at radius 3 is 2.78 bits per heavy atom. The molecular weight excluding hydrogens is 255 g/mol. The van der Waals surface area contributed by atoms with Crippen LogP contribution >= 0.6 is 11.6 Å². The third kappa shape index (κ3) is 3.17. The minimum atomic E-state index is -0.303. The maximum absolute atomic E-state index is 13.4. The van der Waals surface area contributed by atoms with Gasteiger partial charge in [0.2, 0.25) is 0 Å². The molecule has 0 spiro atoms. The van der Waals surface area contributed by atoms with E-state index in [1.807, 2.05) is 6.92 Å². The van der Waals surface area contributed by atoms with Crippen molar-refractivity contribution in [1.82, 2.24) is 9.97 Å². The van der Waals surface area contributed by atoms with Gasteiger partial charge < -0.3 is 4.74 Å². The van der Waals surface area contributed by atoms with Crippen LogP contribution in [0.3, 0.4) is 0 Å². The Labute approximate surface area is 110 Å². The van der Waals surface area contributed by atoms with Gasteiger partial charge in [-0.1, -0.05) is 18.2 Å². The van der Waals surface area contributed by atoms with Gasteiger partial charge >= 0.3 is 6.01 Å². The standard InChI is InChI=1S/C13H12ClFN2O/c1-9-6-11(7-14)17-13(16-9)18-8-10-4-2-3-5-12(10)15/h2-6H,7-8H2,1H3. The maximum atomic E-state index is 13.4. The summed E-state index contributed by atoms with van der Waals surface area (Å²) in [4.78, 5) is 8.22. The Hall–Kier alpha value is -1.68. The second-order valence-corrected chi connectivity index (χ2v) is 4.06. The van der Waals surface area contributed by atoms with Crippen molar-refractivity contribution < 1.29 is 9.13 Å². The monoisotopic (exact) mass is 266 g/mol. The highest BCUT2D eigenvalue weighted by Gasteiger charge is 2.05. The van der Waals surface area contributed by atoms with Crippen molar-refractivity contribution in [1.29, 1.82) is 0 Å². The molecule has 0 radical (unpaired) electrons. The van der Waals surface area contributed by atoms with Crippen molar-refractivity contribution in [2.24, 2.45) is 0 Å². The predicted molar refractivity (Wildman–Crippen MR) is 67.1 cm³/mol. The van der Waals surface area contributed by atoms with E-state index < -0.39 is 0 Å². The van der Waals surface area contributed by atoms with Crippen LogP contribution in [0.15, 0.2) is 30.3 Å². The lowest BCUT2D eigenvalue weighted by Gasteiger charge is -2.07. The van der Waals surface area contributed by atoms with E-state index in [1.165, 1.54) is 6.07 Å². The zero-order chi connectivity index (χ0) is 13.0. The van der Waals surface area contributed by atoms with E-state index in [9.17, 15) is 4.39 Å². The predicted octanol–water partition coefficient (Wildman–Crippen LogP) is 3.24. The second-order valence-electron chi connectivity index (χ2n) is 3.80. The summed E-state index contributed by atoms with van der Waals surface area (Å²) in [7, 11) is 0. The molecule has 0 saturated heterocycles. The largest absolute Gasteiger partial charge is 0.458 e. The minimum absolute atomic E-state index is 0.0951. The van der Waals surface area contributed by atoms with Crippen LogP contribution in [0.5, 0.6) is 6.01 Å². The lowest BCUT2D eigenvalue weighted by molar-refractivity contribution is 0.274. The summed E-state index contributed by atoms with van der Waals surface area (Å²) in [6, 6.07) is 8.43. The van der Waals surface area contributed by atoms with Crippen molar-refractivity contribution >= 4 is 11.6 Å². The van der Waals surface area contributed by atoms with Gasteiger partial charge in [-0.15, -0.1) is 11.6 Å². The van der Waals surface area contributed by atoms with Gasteiger partial charge in [-0.25, -0.2) is 9.37 Å². The number of ether oxygens (including phenoxy) is 1. The van der Waals surface area contributed by atoms with Crippen LogP contribution in [-0.4, -0.2) is 9.97 Å². The van der Waals surface area contributed by atoms with Gasteiger partial charge in [0.05, 0.1) is 11.6 Å². The van der Waals surface area contributed by atoms with Crippen LogP contribution in [0.25, 0.3) is 0 Å². The number of hydrogen-bond donors (Lipinski definition) is 0. The van der Waals surface area contributed by atoms with Crippen molar-refractivity contribution in [2.45, 2.75) is 19.4 Å². The summed E-state index contributed by atoms with van der Waals surface area (Å²) < 4.78 is 18.8. The van der Waals surface area contributed by atoms with Crippen LogP contribution in [0, 0.1) is 12.7 Å². The van der Waals surface area contributed by atoms with Crippen molar-refractivity contribution in [3.8, 4) is 6.01 Å². The number of aryl methyl sites for hydroxylation is 1. The summed E-state index contributed by atoms with van der Waals surface area (Å²) in [5.74, 6) is -0.0119. The average Bonchev–Trinajstić information content (AvgIpc) is 2.37. The Morgan fingerprint density at radius 2 is 2.06 bits per heavy atom. The van der Waals surface area contributed by atoms with Crippen LogP contribution < -0.4 is 4.74 Å². The molecule has 1 aromatic carbocycles. The first kappa shape index (κ1) is 12.8. The summed E-state index contributed by atoms with van der Waals surface area (Å²) in [6.45, 7) is 1.92. The van der Waals surface area contributed by atoms with Crippen LogP contribution in [0.1, 0.15) is 17.0 Å². The fourth-order valence-electron chi connectivity index (χ4n) is 1.50. The molecule has 1 aromatic heterocycles. The molecule has 5 heteroatoms. The van der Waals surface area contributed by atoms with Crippen LogP contribution in [0.2, 0.25) is 0 Å². The molecule has 18 heavy (non-hydrogen) atoms. The SMILES string of the molecule is Cc1cc(CCl)nc(OCc2ccccc2F)n1. The van der Waals surface area contributed by atoms with Crippen molar-refractivity contribution in [3.05, 3.63) is 53.1 Å². The van der Waals surface area contributed by atoms with E-state index in [2.05, 4.69) is 9.97 Å². The first-order valence-electron chi connectivity index (χ1n) is 5.46. The van der Waals surface area contributed by atoms with E-state index in [-0.39, 0.29) is 18.4 Å². The summed E-state index contributed by atoms with van der Waals surface area (Å²) in [6.07, 6.45) is 0. The molecule has 3 nitrogen and oxygen atoms in total. The number of rotatable bonds is 4. The highest BCUT2D eigenvalue weighted by Crippen LogP contribution is 2.12. The minimum Gasteiger partial charge on any atom is -0.458 e. The summed E-state index contributed by atoms with van der Waals surface area (Å²) in [5.41, 5.74) is 1.92. The van der Waals surface area contributed by atoms with Gasteiger partial charge in [0, 0.05) is 11.3 Å². The Morgan fingerprint density at radius 1 is 1.28 bits per heavy atom. The molecular formula is C13H12ClFN2O.